The Morgan fingerprint density at radius 3 is 1.71 bits per heavy atom. The molecule has 0 amide bonds. The van der Waals surface area contributed by atoms with Gasteiger partial charge < -0.3 is 10.6 Å². The minimum Gasteiger partial charge on any atom is -0.388 e. The smallest absolute Gasteiger partial charge is 0.0920 e. The molecule has 1 unspecified atom stereocenters. The molecule has 0 rings (SSSR count). The molecule has 0 aromatic carbocycles. The van der Waals surface area contributed by atoms with Crippen molar-refractivity contribution in [3.05, 3.63) is 0 Å². The first-order valence-corrected chi connectivity index (χ1v) is 6.89. The molecule has 0 aromatic heterocycles. The molecule has 0 saturated heterocycles. The minimum absolute atomic E-state index is 0.302. The lowest BCUT2D eigenvalue weighted by Crippen LogP contribution is -2.38. The summed E-state index contributed by atoms with van der Waals surface area (Å²) in [6, 6.07) is 0.394. The largest absolute Gasteiger partial charge is 0.388 e. The Morgan fingerprint density at radius 1 is 1.00 bits per heavy atom. The van der Waals surface area contributed by atoms with Crippen molar-refractivity contribution in [1.29, 1.82) is 5.41 Å². The van der Waals surface area contributed by atoms with Crippen molar-refractivity contribution in [3.8, 4) is 0 Å². The van der Waals surface area contributed by atoms with Gasteiger partial charge in [-0.15, -0.1) is 0 Å². The maximum absolute atomic E-state index is 7.40. The fraction of sp³-hybridized carbons (Fsp3) is 0.929. The summed E-state index contributed by atoms with van der Waals surface area (Å²) in [5.41, 5.74) is 5.50. The molecular weight excluding hydrogens is 210 g/mol. The lowest BCUT2D eigenvalue weighted by molar-refractivity contribution is 0.191. The van der Waals surface area contributed by atoms with Crippen LogP contribution in [0.3, 0.4) is 0 Å². The maximum atomic E-state index is 7.40. The molecule has 0 aliphatic heterocycles. The predicted octanol–water partition coefficient (Wildman–Crippen LogP) is 3.10. The quantitative estimate of drug-likeness (QED) is 0.481. The lowest BCUT2D eigenvalue weighted by Gasteiger charge is -2.30. The number of nitrogens with zero attached hydrogens (tertiary/aromatic N) is 1. The molecule has 0 bridgehead atoms. The molecule has 3 heteroatoms. The van der Waals surface area contributed by atoms with Crippen molar-refractivity contribution < 1.29 is 0 Å². The van der Waals surface area contributed by atoms with E-state index in [0.29, 0.717) is 18.3 Å². The van der Waals surface area contributed by atoms with E-state index in [9.17, 15) is 0 Å². The standard InChI is InChI=1S/C14H31N3/c1-11(2)6-8-17(9-7-12(3)4)13(5)10-14(15)16/h11-13H,6-10H2,1-5H3,(H3,15,16). The first-order valence-electron chi connectivity index (χ1n) is 6.89. The monoisotopic (exact) mass is 241 g/mol. The summed E-state index contributed by atoms with van der Waals surface area (Å²) in [7, 11) is 0. The average Bonchev–Trinajstić information content (AvgIpc) is 2.15. The second-order valence-corrected chi connectivity index (χ2v) is 5.98. The summed E-state index contributed by atoms with van der Waals surface area (Å²) in [4.78, 5) is 2.49. The van der Waals surface area contributed by atoms with Crippen LogP contribution in [0.2, 0.25) is 0 Å². The molecule has 0 saturated carbocycles. The normalized spacial score (nSPS) is 13.6. The van der Waals surface area contributed by atoms with E-state index in [4.69, 9.17) is 11.1 Å². The maximum Gasteiger partial charge on any atom is 0.0920 e. The van der Waals surface area contributed by atoms with E-state index in [1.165, 1.54) is 12.8 Å². The Kier molecular flexibility index (Phi) is 8.23. The summed E-state index contributed by atoms with van der Waals surface area (Å²) >= 11 is 0. The molecule has 0 aromatic rings. The van der Waals surface area contributed by atoms with Crippen LogP contribution in [0.5, 0.6) is 0 Å². The zero-order valence-electron chi connectivity index (χ0n) is 12.3. The summed E-state index contributed by atoms with van der Waals surface area (Å²) in [6.07, 6.45) is 3.14. The van der Waals surface area contributed by atoms with E-state index in [1.54, 1.807) is 0 Å². The van der Waals surface area contributed by atoms with Crippen molar-refractivity contribution in [2.45, 2.75) is 59.9 Å². The Labute approximate surface area is 107 Å². The topological polar surface area (TPSA) is 53.1 Å². The molecule has 17 heavy (non-hydrogen) atoms. The van der Waals surface area contributed by atoms with E-state index in [2.05, 4.69) is 39.5 Å². The molecule has 102 valence electrons. The fourth-order valence-corrected chi connectivity index (χ4v) is 1.85. The molecular formula is C14H31N3. The van der Waals surface area contributed by atoms with Gasteiger partial charge in [0, 0.05) is 12.5 Å². The van der Waals surface area contributed by atoms with E-state index >= 15 is 0 Å². The van der Waals surface area contributed by atoms with Crippen LogP contribution in [0, 0.1) is 17.2 Å². The van der Waals surface area contributed by atoms with Gasteiger partial charge in [0.15, 0.2) is 0 Å². The molecule has 0 aliphatic rings. The number of hydrogen-bond donors (Lipinski definition) is 2. The van der Waals surface area contributed by atoms with Crippen molar-refractivity contribution in [1.82, 2.24) is 4.90 Å². The Balaban J connectivity index is 4.21. The van der Waals surface area contributed by atoms with Gasteiger partial charge >= 0.3 is 0 Å². The van der Waals surface area contributed by atoms with Gasteiger partial charge in [0.2, 0.25) is 0 Å². The Hall–Kier alpha value is -0.570. The number of nitrogens with one attached hydrogen (secondary N) is 1. The van der Waals surface area contributed by atoms with E-state index in [0.717, 1.165) is 24.9 Å². The third-order valence-electron chi connectivity index (χ3n) is 3.13. The third-order valence-corrected chi connectivity index (χ3v) is 3.13. The highest BCUT2D eigenvalue weighted by atomic mass is 15.1. The van der Waals surface area contributed by atoms with Gasteiger partial charge in [-0.25, -0.2) is 0 Å². The molecule has 0 spiro atoms. The van der Waals surface area contributed by atoms with E-state index in [-0.39, 0.29) is 0 Å². The molecule has 0 aliphatic carbocycles. The SMILES string of the molecule is CC(C)CCN(CCC(C)C)C(C)CC(=N)N. The molecule has 0 heterocycles. The molecule has 3 N–H and O–H groups in total. The van der Waals surface area contributed by atoms with Crippen LogP contribution in [0.1, 0.15) is 53.9 Å². The molecule has 0 fully saturated rings. The van der Waals surface area contributed by atoms with Gasteiger partial charge in [0.05, 0.1) is 5.84 Å². The van der Waals surface area contributed by atoms with Gasteiger partial charge in [-0.05, 0) is 44.7 Å². The zero-order valence-corrected chi connectivity index (χ0v) is 12.3. The minimum atomic E-state index is 0.302. The second kappa shape index (κ2) is 8.51. The second-order valence-electron chi connectivity index (χ2n) is 5.98. The zero-order chi connectivity index (χ0) is 13.4. The van der Waals surface area contributed by atoms with Crippen LogP contribution in [0.25, 0.3) is 0 Å². The van der Waals surface area contributed by atoms with Crippen molar-refractivity contribution in [3.63, 3.8) is 0 Å². The summed E-state index contributed by atoms with van der Waals surface area (Å²) in [6.45, 7) is 13.5. The van der Waals surface area contributed by atoms with Crippen LogP contribution in [0.15, 0.2) is 0 Å². The highest BCUT2D eigenvalue weighted by molar-refractivity contribution is 5.77. The van der Waals surface area contributed by atoms with E-state index in [1.807, 2.05) is 0 Å². The van der Waals surface area contributed by atoms with Gasteiger partial charge in [-0.1, -0.05) is 27.7 Å². The molecule has 3 nitrogen and oxygen atoms in total. The van der Waals surface area contributed by atoms with Gasteiger partial charge in [0.25, 0.3) is 0 Å². The average molecular weight is 241 g/mol. The summed E-state index contributed by atoms with van der Waals surface area (Å²) < 4.78 is 0. The van der Waals surface area contributed by atoms with Gasteiger partial charge in [-0.2, -0.15) is 0 Å². The van der Waals surface area contributed by atoms with Crippen LogP contribution in [-0.4, -0.2) is 29.9 Å². The van der Waals surface area contributed by atoms with Crippen LogP contribution >= 0.6 is 0 Å². The van der Waals surface area contributed by atoms with Crippen LogP contribution in [-0.2, 0) is 0 Å². The lowest BCUT2D eigenvalue weighted by atomic mass is 10.1. The predicted molar refractivity (Wildman–Crippen MR) is 76.5 cm³/mol. The van der Waals surface area contributed by atoms with Crippen molar-refractivity contribution in [2.75, 3.05) is 13.1 Å². The highest BCUT2D eigenvalue weighted by Crippen LogP contribution is 2.11. The summed E-state index contributed by atoms with van der Waals surface area (Å²) in [5.74, 6) is 1.78. The number of amidine groups is 1. The number of rotatable bonds is 9. The van der Waals surface area contributed by atoms with Crippen molar-refractivity contribution >= 4 is 5.84 Å². The Morgan fingerprint density at radius 2 is 1.41 bits per heavy atom. The number of hydrogen-bond acceptors (Lipinski definition) is 2. The van der Waals surface area contributed by atoms with Crippen LogP contribution in [0.4, 0.5) is 0 Å². The first-order chi connectivity index (χ1) is 7.82. The first kappa shape index (κ1) is 16.4. The third kappa shape index (κ3) is 9.16. The van der Waals surface area contributed by atoms with Crippen LogP contribution < -0.4 is 5.73 Å². The van der Waals surface area contributed by atoms with Gasteiger partial charge in [0.1, 0.15) is 0 Å². The summed E-state index contributed by atoms with van der Waals surface area (Å²) in [5, 5.41) is 7.40. The molecule has 0 radical (unpaired) electrons. The van der Waals surface area contributed by atoms with Gasteiger partial charge in [-0.3, -0.25) is 5.41 Å². The molecule has 1 atom stereocenters. The van der Waals surface area contributed by atoms with Crippen molar-refractivity contribution in [2.24, 2.45) is 17.6 Å². The number of nitrogens with two attached hydrogens (primary N) is 1. The Bertz CT molecular complexity index is 200. The fourth-order valence-electron chi connectivity index (χ4n) is 1.85. The highest BCUT2D eigenvalue weighted by Gasteiger charge is 2.15. The van der Waals surface area contributed by atoms with E-state index < -0.39 is 0 Å².